The number of sulfonamides is 1. The van der Waals surface area contributed by atoms with E-state index in [1.165, 1.54) is 35.3 Å². The maximum atomic E-state index is 12.8. The number of rotatable bonds is 7. The van der Waals surface area contributed by atoms with Crippen molar-refractivity contribution >= 4 is 45.0 Å². The normalized spacial score (nSPS) is 15.8. The molecule has 9 heteroatoms. The highest BCUT2D eigenvalue weighted by Crippen LogP contribution is 2.31. The average molecular weight is 455 g/mol. The summed E-state index contributed by atoms with van der Waals surface area (Å²) in [5.74, 6) is 0.154. The molecule has 0 bridgehead atoms. The Hall–Kier alpha value is -1.74. The summed E-state index contributed by atoms with van der Waals surface area (Å²) in [5, 5.41) is 3.03. The van der Waals surface area contributed by atoms with Crippen LogP contribution >= 0.6 is 23.4 Å². The summed E-state index contributed by atoms with van der Waals surface area (Å²) in [6, 6.07) is 11.8. The number of thioether (sulfide) groups is 1. The first kappa shape index (κ1) is 22.0. The zero-order valence-electron chi connectivity index (χ0n) is 16.2. The Morgan fingerprint density at radius 3 is 2.45 bits per heavy atom. The second-order valence-electron chi connectivity index (χ2n) is 6.68. The monoisotopic (exact) mass is 454 g/mol. The van der Waals surface area contributed by atoms with Crippen LogP contribution in [0.3, 0.4) is 0 Å². The number of hydrogen-bond donors (Lipinski definition) is 1. The molecule has 1 N–H and O–H groups in total. The highest BCUT2D eigenvalue weighted by Gasteiger charge is 2.28. The van der Waals surface area contributed by atoms with Crippen LogP contribution in [0, 0.1) is 0 Å². The lowest BCUT2D eigenvalue weighted by Crippen LogP contribution is -2.28. The van der Waals surface area contributed by atoms with Gasteiger partial charge in [0, 0.05) is 23.0 Å². The Labute approximate surface area is 180 Å². The molecule has 0 aromatic heterocycles. The highest BCUT2D eigenvalue weighted by atomic mass is 35.5. The molecule has 1 atom stereocenters. The van der Waals surface area contributed by atoms with Crippen LogP contribution in [0.1, 0.15) is 19.8 Å². The predicted molar refractivity (Wildman–Crippen MR) is 116 cm³/mol. The highest BCUT2D eigenvalue weighted by molar-refractivity contribution is 8.00. The maximum Gasteiger partial charge on any atom is 0.243 e. The smallest absolute Gasteiger partial charge is 0.243 e. The van der Waals surface area contributed by atoms with E-state index in [1.54, 1.807) is 25.1 Å². The van der Waals surface area contributed by atoms with E-state index in [9.17, 15) is 13.2 Å². The lowest BCUT2D eigenvalue weighted by molar-refractivity contribution is -0.115. The fraction of sp³-hybridized carbons (Fsp3) is 0.350. The largest absolute Gasteiger partial charge is 0.495 e. The molecular weight excluding hydrogens is 432 g/mol. The summed E-state index contributed by atoms with van der Waals surface area (Å²) in [7, 11) is -2.11. The first-order valence-corrected chi connectivity index (χ1v) is 11.9. The van der Waals surface area contributed by atoms with Crippen molar-refractivity contribution in [1.29, 1.82) is 0 Å². The van der Waals surface area contributed by atoms with Crippen LogP contribution in [0.15, 0.2) is 52.3 Å². The van der Waals surface area contributed by atoms with Crippen molar-refractivity contribution in [1.82, 2.24) is 4.31 Å². The Morgan fingerprint density at radius 1 is 1.17 bits per heavy atom. The predicted octanol–water partition coefficient (Wildman–Crippen LogP) is 4.25. The van der Waals surface area contributed by atoms with Crippen molar-refractivity contribution in [2.45, 2.75) is 34.8 Å². The maximum absolute atomic E-state index is 12.8. The van der Waals surface area contributed by atoms with Gasteiger partial charge in [-0.15, -0.1) is 11.8 Å². The fourth-order valence-electron chi connectivity index (χ4n) is 3.03. The second-order valence-corrected chi connectivity index (χ2v) is 10.5. The number of carbonyl (C=O) groups excluding carboxylic acids is 1. The van der Waals surface area contributed by atoms with E-state index < -0.39 is 15.3 Å². The van der Waals surface area contributed by atoms with Gasteiger partial charge >= 0.3 is 0 Å². The zero-order valence-corrected chi connectivity index (χ0v) is 18.6. The van der Waals surface area contributed by atoms with E-state index >= 15 is 0 Å². The van der Waals surface area contributed by atoms with Crippen LogP contribution in [0.2, 0.25) is 5.02 Å². The van der Waals surface area contributed by atoms with Gasteiger partial charge in [0.15, 0.2) is 0 Å². The fourth-order valence-corrected chi connectivity index (χ4v) is 5.57. The number of nitrogens with one attached hydrogen (secondary N) is 1. The average Bonchev–Trinajstić information content (AvgIpc) is 3.25. The van der Waals surface area contributed by atoms with Crippen LogP contribution < -0.4 is 10.1 Å². The first-order chi connectivity index (χ1) is 13.8. The van der Waals surface area contributed by atoms with E-state index in [0.29, 0.717) is 29.5 Å². The van der Waals surface area contributed by atoms with E-state index in [-0.39, 0.29) is 10.8 Å². The van der Waals surface area contributed by atoms with Gasteiger partial charge in [-0.2, -0.15) is 4.31 Å². The summed E-state index contributed by atoms with van der Waals surface area (Å²) in [4.78, 5) is 13.8. The molecule has 1 aliphatic rings. The van der Waals surface area contributed by atoms with Gasteiger partial charge in [0.25, 0.3) is 0 Å². The van der Waals surface area contributed by atoms with Crippen LogP contribution in [0.5, 0.6) is 5.75 Å². The van der Waals surface area contributed by atoms with E-state index in [2.05, 4.69) is 5.32 Å². The Kier molecular flexibility index (Phi) is 7.10. The number of ether oxygens (including phenoxy) is 1. The number of carbonyl (C=O) groups is 1. The molecule has 2 aromatic carbocycles. The molecule has 1 amide bonds. The van der Waals surface area contributed by atoms with Gasteiger partial charge in [-0.3, -0.25) is 4.79 Å². The molecule has 0 saturated carbocycles. The Bertz CT molecular complexity index is 974. The third kappa shape index (κ3) is 5.25. The molecule has 156 valence electrons. The van der Waals surface area contributed by atoms with Crippen molar-refractivity contribution in [3.05, 3.63) is 47.5 Å². The minimum Gasteiger partial charge on any atom is -0.495 e. The summed E-state index contributed by atoms with van der Waals surface area (Å²) >= 11 is 7.28. The van der Waals surface area contributed by atoms with Crippen LogP contribution in [-0.4, -0.2) is 44.1 Å². The van der Waals surface area contributed by atoms with Crippen molar-refractivity contribution in [2.24, 2.45) is 0 Å². The molecule has 0 aliphatic carbocycles. The second kappa shape index (κ2) is 9.38. The SMILES string of the molecule is COc1ccc(S(=O)(=O)N2CCCC2)cc1NC(=O)[C@@H](C)Sc1ccc(Cl)cc1. The van der Waals surface area contributed by atoms with E-state index in [1.807, 2.05) is 12.1 Å². The van der Waals surface area contributed by atoms with Gasteiger partial charge in [0.2, 0.25) is 15.9 Å². The molecule has 3 rings (SSSR count). The van der Waals surface area contributed by atoms with Crippen LogP contribution in [-0.2, 0) is 14.8 Å². The van der Waals surface area contributed by atoms with Crippen molar-refractivity contribution < 1.29 is 17.9 Å². The summed E-state index contributed by atoms with van der Waals surface area (Å²) < 4.78 is 32.4. The number of methoxy groups -OCH3 is 1. The van der Waals surface area contributed by atoms with Gasteiger partial charge < -0.3 is 10.1 Å². The molecule has 1 saturated heterocycles. The summed E-state index contributed by atoms with van der Waals surface area (Å²) in [6.45, 7) is 2.82. The number of anilines is 1. The minimum absolute atomic E-state index is 0.147. The van der Waals surface area contributed by atoms with Gasteiger partial charge in [-0.05, 0) is 62.2 Å². The van der Waals surface area contributed by atoms with Gasteiger partial charge in [0.05, 0.1) is 22.9 Å². The van der Waals surface area contributed by atoms with Crippen molar-refractivity contribution in [3.8, 4) is 5.75 Å². The first-order valence-electron chi connectivity index (χ1n) is 9.22. The standard InChI is InChI=1S/C20H23ClN2O4S2/c1-14(28-16-7-5-15(21)6-8-16)20(24)22-18-13-17(9-10-19(18)27-2)29(25,26)23-11-3-4-12-23/h5-10,13-14H,3-4,11-12H2,1-2H3,(H,22,24)/t14-/m1/s1. The lowest BCUT2D eigenvalue weighted by atomic mass is 10.3. The van der Waals surface area contributed by atoms with E-state index in [4.69, 9.17) is 16.3 Å². The molecule has 0 unspecified atom stereocenters. The van der Waals surface area contributed by atoms with Crippen molar-refractivity contribution in [2.75, 3.05) is 25.5 Å². The third-order valence-electron chi connectivity index (χ3n) is 4.63. The van der Waals surface area contributed by atoms with E-state index in [0.717, 1.165) is 17.7 Å². The van der Waals surface area contributed by atoms with Gasteiger partial charge in [-0.1, -0.05) is 11.6 Å². The molecule has 29 heavy (non-hydrogen) atoms. The zero-order chi connectivity index (χ0) is 21.0. The Balaban J connectivity index is 1.78. The lowest BCUT2D eigenvalue weighted by Gasteiger charge is -2.18. The molecule has 1 aliphatic heterocycles. The van der Waals surface area contributed by atoms with Crippen LogP contribution in [0.4, 0.5) is 5.69 Å². The summed E-state index contributed by atoms with van der Waals surface area (Å²) in [6.07, 6.45) is 1.72. The molecule has 1 heterocycles. The van der Waals surface area contributed by atoms with Gasteiger partial charge in [-0.25, -0.2) is 8.42 Å². The summed E-state index contributed by atoms with van der Waals surface area (Å²) in [5.41, 5.74) is 0.335. The number of nitrogens with zero attached hydrogens (tertiary/aromatic N) is 1. The number of amides is 1. The molecule has 6 nitrogen and oxygen atoms in total. The van der Waals surface area contributed by atoms with Crippen LogP contribution in [0.25, 0.3) is 0 Å². The topological polar surface area (TPSA) is 75.7 Å². The minimum atomic E-state index is -3.59. The molecular formula is C20H23ClN2O4S2. The number of hydrogen-bond acceptors (Lipinski definition) is 5. The Morgan fingerprint density at radius 2 is 1.83 bits per heavy atom. The third-order valence-corrected chi connectivity index (χ3v) is 7.89. The molecule has 0 spiro atoms. The molecule has 1 fully saturated rings. The molecule has 0 radical (unpaired) electrons. The quantitative estimate of drug-likeness (QED) is 0.633. The number of benzene rings is 2. The van der Waals surface area contributed by atoms with Gasteiger partial charge in [0.1, 0.15) is 5.75 Å². The molecule has 2 aromatic rings. The van der Waals surface area contributed by atoms with Crippen molar-refractivity contribution in [3.63, 3.8) is 0 Å². The number of halogens is 1.